The van der Waals surface area contributed by atoms with Crippen molar-refractivity contribution in [1.29, 1.82) is 0 Å². The van der Waals surface area contributed by atoms with E-state index in [1.165, 1.54) is 11.1 Å². The summed E-state index contributed by atoms with van der Waals surface area (Å²) in [5.41, 5.74) is 2.76. The summed E-state index contributed by atoms with van der Waals surface area (Å²) in [6.45, 7) is 5.14. The zero-order chi connectivity index (χ0) is 21.0. The molecule has 1 aliphatic heterocycles. The first-order chi connectivity index (χ1) is 14.7. The summed E-state index contributed by atoms with van der Waals surface area (Å²) in [5, 5.41) is 0. The van der Waals surface area contributed by atoms with Crippen molar-refractivity contribution in [3.05, 3.63) is 29.3 Å². The van der Waals surface area contributed by atoms with Crippen LogP contribution in [0.4, 0.5) is 0 Å². The van der Waals surface area contributed by atoms with E-state index >= 15 is 0 Å². The molecule has 1 saturated heterocycles. The average Bonchev–Trinajstić information content (AvgIpc) is 2.76. The zero-order valence-corrected chi connectivity index (χ0v) is 18.4. The van der Waals surface area contributed by atoms with Gasteiger partial charge in [-0.05, 0) is 55.0 Å². The van der Waals surface area contributed by atoms with Crippen molar-refractivity contribution in [3.63, 3.8) is 0 Å². The molecule has 0 radical (unpaired) electrons. The summed E-state index contributed by atoms with van der Waals surface area (Å²) in [7, 11) is 3.40. The lowest BCUT2D eigenvalue weighted by molar-refractivity contribution is -0.127. The van der Waals surface area contributed by atoms with Gasteiger partial charge in [-0.2, -0.15) is 0 Å². The first-order valence-electron chi connectivity index (χ1n) is 11.3. The predicted molar refractivity (Wildman–Crippen MR) is 114 cm³/mol. The SMILES string of the molecule is COCCOCCOCCN1CCC23CC(=O)CC[C@H]2[C@H]1Cc1ccc(OC)cc13. The summed E-state index contributed by atoms with van der Waals surface area (Å²) >= 11 is 0. The molecule has 2 aliphatic carbocycles. The fourth-order valence-corrected chi connectivity index (χ4v) is 5.94. The van der Waals surface area contributed by atoms with Gasteiger partial charge in [-0.3, -0.25) is 9.69 Å². The molecule has 3 aliphatic rings. The summed E-state index contributed by atoms with van der Waals surface area (Å²) in [6, 6.07) is 6.98. The van der Waals surface area contributed by atoms with Crippen molar-refractivity contribution in [3.8, 4) is 5.75 Å². The Hall–Kier alpha value is -1.47. The number of ether oxygens (including phenoxy) is 4. The topological polar surface area (TPSA) is 57.2 Å². The highest BCUT2D eigenvalue weighted by molar-refractivity contribution is 5.81. The Morgan fingerprint density at radius 3 is 2.70 bits per heavy atom. The van der Waals surface area contributed by atoms with Gasteiger partial charge >= 0.3 is 0 Å². The van der Waals surface area contributed by atoms with E-state index in [4.69, 9.17) is 18.9 Å². The molecule has 4 rings (SSSR count). The minimum Gasteiger partial charge on any atom is -0.497 e. The second-order valence-corrected chi connectivity index (χ2v) is 8.81. The van der Waals surface area contributed by atoms with E-state index < -0.39 is 0 Å². The van der Waals surface area contributed by atoms with E-state index in [2.05, 4.69) is 23.1 Å². The van der Waals surface area contributed by atoms with Gasteiger partial charge in [0.1, 0.15) is 11.5 Å². The Balaban J connectivity index is 1.41. The number of methoxy groups -OCH3 is 2. The second kappa shape index (κ2) is 9.77. The van der Waals surface area contributed by atoms with Gasteiger partial charge in [0.05, 0.1) is 40.1 Å². The van der Waals surface area contributed by atoms with Crippen molar-refractivity contribution < 1.29 is 23.7 Å². The van der Waals surface area contributed by atoms with E-state index in [0.717, 1.165) is 51.1 Å². The maximum Gasteiger partial charge on any atom is 0.133 e. The number of nitrogens with zero attached hydrogens (tertiary/aromatic N) is 1. The summed E-state index contributed by atoms with van der Waals surface area (Å²) in [4.78, 5) is 15.1. The highest BCUT2D eigenvalue weighted by atomic mass is 16.5. The van der Waals surface area contributed by atoms with Crippen LogP contribution in [0.1, 0.15) is 36.8 Å². The van der Waals surface area contributed by atoms with Crippen LogP contribution in [0.3, 0.4) is 0 Å². The highest BCUT2D eigenvalue weighted by Crippen LogP contribution is 2.55. The van der Waals surface area contributed by atoms with Crippen LogP contribution in [0.5, 0.6) is 5.75 Å². The number of Topliss-reactive ketones (excluding diaryl/α,β-unsaturated/α-hetero) is 1. The standard InChI is InChI=1S/C24H35NO5/c1-27-11-12-30-14-13-29-10-9-25-8-7-24-17-19(26)4-6-21(24)23(25)15-18-3-5-20(28-2)16-22(18)24/h3,5,16,21,23H,4,6-15,17H2,1-2H3/t21-,23+,24?/m0/s1. The molecule has 2 bridgehead atoms. The van der Waals surface area contributed by atoms with Crippen LogP contribution >= 0.6 is 0 Å². The number of ketones is 1. The molecular weight excluding hydrogens is 382 g/mol. The maximum atomic E-state index is 12.5. The molecule has 6 nitrogen and oxygen atoms in total. The van der Waals surface area contributed by atoms with E-state index in [1.54, 1.807) is 14.2 Å². The molecule has 0 N–H and O–H groups in total. The second-order valence-electron chi connectivity index (χ2n) is 8.81. The summed E-state index contributed by atoms with van der Waals surface area (Å²) in [6.07, 6.45) is 4.52. The molecule has 2 fully saturated rings. The molecule has 30 heavy (non-hydrogen) atoms. The number of hydrogen-bond acceptors (Lipinski definition) is 6. The van der Waals surface area contributed by atoms with E-state index in [0.29, 0.717) is 50.6 Å². The maximum absolute atomic E-state index is 12.5. The number of hydrogen-bond donors (Lipinski definition) is 0. The lowest BCUT2D eigenvalue weighted by Crippen LogP contribution is -2.62. The number of carbonyl (C=O) groups excluding carboxylic acids is 1. The third kappa shape index (κ3) is 4.28. The van der Waals surface area contributed by atoms with E-state index in [9.17, 15) is 4.79 Å². The average molecular weight is 418 g/mol. The van der Waals surface area contributed by atoms with Gasteiger partial charge in [-0.15, -0.1) is 0 Å². The van der Waals surface area contributed by atoms with Gasteiger partial charge in [0.15, 0.2) is 0 Å². The van der Waals surface area contributed by atoms with Gasteiger partial charge < -0.3 is 18.9 Å². The molecule has 1 saturated carbocycles. The van der Waals surface area contributed by atoms with Crippen molar-refractivity contribution in [2.45, 2.75) is 43.6 Å². The van der Waals surface area contributed by atoms with Crippen molar-refractivity contribution in [2.75, 3.05) is 60.3 Å². The Morgan fingerprint density at radius 2 is 1.90 bits per heavy atom. The molecule has 0 spiro atoms. The Morgan fingerprint density at radius 1 is 1.10 bits per heavy atom. The smallest absolute Gasteiger partial charge is 0.133 e. The number of carbonyl (C=O) groups is 1. The van der Waals surface area contributed by atoms with Crippen LogP contribution < -0.4 is 4.74 Å². The van der Waals surface area contributed by atoms with Crippen LogP contribution in [-0.2, 0) is 30.8 Å². The molecular formula is C24H35NO5. The van der Waals surface area contributed by atoms with Gasteiger partial charge in [0.25, 0.3) is 0 Å². The summed E-state index contributed by atoms with van der Waals surface area (Å²) in [5.74, 6) is 1.87. The monoisotopic (exact) mass is 417 g/mol. The van der Waals surface area contributed by atoms with Gasteiger partial charge in [-0.1, -0.05) is 6.07 Å². The van der Waals surface area contributed by atoms with E-state index in [1.807, 2.05) is 0 Å². The Labute approximate surface area is 179 Å². The van der Waals surface area contributed by atoms with Crippen molar-refractivity contribution in [1.82, 2.24) is 4.90 Å². The third-order valence-electron chi connectivity index (χ3n) is 7.34. The molecule has 1 aromatic rings. The fraction of sp³-hybridized carbons (Fsp3) is 0.708. The first kappa shape index (κ1) is 21.8. The van der Waals surface area contributed by atoms with Gasteiger partial charge in [0, 0.05) is 38.0 Å². The first-order valence-corrected chi connectivity index (χ1v) is 11.3. The largest absolute Gasteiger partial charge is 0.497 e. The van der Waals surface area contributed by atoms with Crippen molar-refractivity contribution in [2.24, 2.45) is 5.92 Å². The van der Waals surface area contributed by atoms with Gasteiger partial charge in [0.2, 0.25) is 0 Å². The quantitative estimate of drug-likeness (QED) is 0.546. The van der Waals surface area contributed by atoms with Crippen molar-refractivity contribution >= 4 is 5.78 Å². The van der Waals surface area contributed by atoms with Crippen LogP contribution in [0.25, 0.3) is 0 Å². The number of benzene rings is 1. The molecule has 166 valence electrons. The van der Waals surface area contributed by atoms with Crippen LogP contribution in [-0.4, -0.2) is 77.1 Å². The van der Waals surface area contributed by atoms with E-state index in [-0.39, 0.29) is 5.41 Å². The molecule has 0 aromatic heterocycles. The minimum atomic E-state index is -0.00529. The third-order valence-corrected chi connectivity index (χ3v) is 7.34. The van der Waals surface area contributed by atoms with Crippen LogP contribution in [0.15, 0.2) is 18.2 Å². The number of piperidine rings is 1. The molecule has 1 unspecified atom stereocenters. The molecule has 1 aromatic carbocycles. The highest BCUT2D eigenvalue weighted by Gasteiger charge is 2.55. The predicted octanol–water partition coefficient (Wildman–Crippen LogP) is 2.61. The normalized spacial score (nSPS) is 28.1. The Kier molecular flexibility index (Phi) is 7.08. The number of likely N-dealkylation sites (tertiary alicyclic amines) is 1. The van der Waals surface area contributed by atoms with Gasteiger partial charge in [-0.25, -0.2) is 0 Å². The summed E-state index contributed by atoms with van der Waals surface area (Å²) < 4.78 is 21.8. The molecule has 1 heterocycles. The minimum absolute atomic E-state index is 0.00529. The lowest BCUT2D eigenvalue weighted by Gasteiger charge is -2.58. The lowest BCUT2D eigenvalue weighted by atomic mass is 9.52. The molecule has 3 atom stereocenters. The Bertz CT molecular complexity index is 738. The number of rotatable bonds is 10. The van der Waals surface area contributed by atoms with Crippen LogP contribution in [0.2, 0.25) is 0 Å². The van der Waals surface area contributed by atoms with Crippen LogP contribution in [0, 0.1) is 5.92 Å². The zero-order valence-electron chi connectivity index (χ0n) is 18.4. The fourth-order valence-electron chi connectivity index (χ4n) is 5.94. The molecule has 6 heteroatoms. The number of fused-ring (bicyclic) bond motifs is 1. The molecule has 0 amide bonds.